The summed E-state index contributed by atoms with van der Waals surface area (Å²) in [5.74, 6) is -0.403. The van der Waals surface area contributed by atoms with E-state index in [0.29, 0.717) is 11.3 Å². The van der Waals surface area contributed by atoms with Gasteiger partial charge in [0.15, 0.2) is 5.78 Å². The lowest BCUT2D eigenvalue weighted by Crippen LogP contribution is -2.06. The first-order chi connectivity index (χ1) is 7.63. The third-order valence-corrected chi connectivity index (χ3v) is 2.11. The third-order valence-electron chi connectivity index (χ3n) is 2.11. The van der Waals surface area contributed by atoms with Crippen molar-refractivity contribution < 1.29 is 19.1 Å². The van der Waals surface area contributed by atoms with E-state index in [1.165, 1.54) is 32.4 Å². The van der Waals surface area contributed by atoms with Gasteiger partial charge in [0.2, 0.25) is 0 Å². The highest BCUT2D eigenvalue weighted by molar-refractivity contribution is 6.24. The SMILES string of the molecule is [B]CC(=O)c1cc(C(=O)OC)ccc1OC. The average molecular weight is 218 g/mol. The van der Waals surface area contributed by atoms with Crippen LogP contribution < -0.4 is 4.74 Å². The fraction of sp³-hybridized carbons (Fsp3) is 0.273. The first kappa shape index (κ1) is 12.3. The normalized spacial score (nSPS) is 9.62. The third kappa shape index (κ3) is 2.42. The Morgan fingerprint density at radius 3 is 2.50 bits per heavy atom. The molecule has 0 spiro atoms. The predicted octanol–water partition coefficient (Wildman–Crippen LogP) is 1.25. The number of ether oxygens (including phenoxy) is 2. The molecule has 0 fully saturated rings. The quantitative estimate of drug-likeness (QED) is 0.433. The largest absolute Gasteiger partial charge is 0.496 e. The van der Waals surface area contributed by atoms with Crippen LogP contribution in [0.1, 0.15) is 20.7 Å². The lowest BCUT2D eigenvalue weighted by Gasteiger charge is -2.08. The molecule has 0 saturated heterocycles. The predicted molar refractivity (Wildman–Crippen MR) is 59.2 cm³/mol. The van der Waals surface area contributed by atoms with E-state index in [4.69, 9.17) is 12.6 Å². The monoisotopic (exact) mass is 218 g/mol. The Kier molecular flexibility index (Phi) is 4.11. The summed E-state index contributed by atoms with van der Waals surface area (Å²) >= 11 is 0. The molecule has 0 aromatic heterocycles. The fourth-order valence-corrected chi connectivity index (χ4v) is 1.28. The zero-order chi connectivity index (χ0) is 12.1. The Balaban J connectivity index is 3.21. The van der Waals surface area contributed by atoms with Crippen molar-refractivity contribution in [3.8, 4) is 5.75 Å². The number of methoxy groups -OCH3 is 2. The zero-order valence-electron chi connectivity index (χ0n) is 9.15. The number of ketones is 1. The highest BCUT2D eigenvalue weighted by Crippen LogP contribution is 2.21. The molecular weight excluding hydrogens is 207 g/mol. The van der Waals surface area contributed by atoms with Crippen LogP contribution in [0, 0.1) is 0 Å². The van der Waals surface area contributed by atoms with Crippen molar-refractivity contribution in [3.05, 3.63) is 29.3 Å². The van der Waals surface area contributed by atoms with Gasteiger partial charge in [-0.05, 0) is 24.5 Å². The molecule has 82 valence electrons. The summed E-state index contributed by atoms with van der Waals surface area (Å²) < 4.78 is 9.56. The van der Waals surface area contributed by atoms with Gasteiger partial charge in [-0.2, -0.15) is 0 Å². The number of Topliss-reactive ketones (excluding diaryl/α,β-unsaturated/α-hetero) is 1. The van der Waals surface area contributed by atoms with Crippen molar-refractivity contribution in [2.75, 3.05) is 14.2 Å². The second kappa shape index (κ2) is 5.35. The van der Waals surface area contributed by atoms with Crippen molar-refractivity contribution >= 4 is 19.6 Å². The molecule has 0 aliphatic heterocycles. The van der Waals surface area contributed by atoms with Crippen LogP contribution >= 0.6 is 0 Å². The molecule has 4 nitrogen and oxygen atoms in total. The molecule has 0 bridgehead atoms. The minimum atomic E-state index is -0.506. The summed E-state index contributed by atoms with van der Waals surface area (Å²) in [6, 6.07) is 4.48. The van der Waals surface area contributed by atoms with Crippen LogP contribution in [0.4, 0.5) is 0 Å². The number of rotatable bonds is 4. The molecule has 0 N–H and O–H groups in total. The summed E-state index contributed by atoms with van der Waals surface area (Å²) in [5.41, 5.74) is 0.577. The molecule has 0 aliphatic rings. The molecule has 1 rings (SSSR count). The number of hydrogen-bond acceptors (Lipinski definition) is 4. The molecule has 5 heteroatoms. The van der Waals surface area contributed by atoms with Crippen LogP contribution in [0.3, 0.4) is 0 Å². The van der Waals surface area contributed by atoms with Crippen molar-refractivity contribution in [3.63, 3.8) is 0 Å². The first-order valence-corrected chi connectivity index (χ1v) is 4.63. The Bertz CT molecular complexity index is 414. The highest BCUT2D eigenvalue weighted by Gasteiger charge is 2.14. The maximum atomic E-state index is 11.5. The molecular formula is C11H11BO4. The fourth-order valence-electron chi connectivity index (χ4n) is 1.28. The topological polar surface area (TPSA) is 52.6 Å². The first-order valence-electron chi connectivity index (χ1n) is 4.63. The van der Waals surface area contributed by atoms with E-state index in [0.717, 1.165) is 0 Å². The number of carbonyl (C=O) groups is 2. The van der Waals surface area contributed by atoms with Crippen LogP contribution in [-0.2, 0) is 4.74 Å². The van der Waals surface area contributed by atoms with Gasteiger partial charge in [0, 0.05) is 0 Å². The van der Waals surface area contributed by atoms with Gasteiger partial charge in [0.05, 0.1) is 33.2 Å². The van der Waals surface area contributed by atoms with Gasteiger partial charge in [-0.3, -0.25) is 4.79 Å². The molecule has 0 amide bonds. The van der Waals surface area contributed by atoms with Crippen molar-refractivity contribution in [1.82, 2.24) is 0 Å². The minimum absolute atomic E-state index is 0.138. The number of carbonyl (C=O) groups excluding carboxylic acids is 2. The average Bonchev–Trinajstić information content (AvgIpc) is 2.35. The molecule has 2 radical (unpaired) electrons. The summed E-state index contributed by atoms with van der Waals surface area (Å²) in [6.07, 6.45) is -0.138. The summed E-state index contributed by atoms with van der Waals surface area (Å²) in [6.45, 7) is 0. The molecule has 0 atom stereocenters. The summed E-state index contributed by atoms with van der Waals surface area (Å²) in [7, 11) is 7.98. The van der Waals surface area contributed by atoms with E-state index in [1.54, 1.807) is 0 Å². The molecule has 1 aromatic carbocycles. The van der Waals surface area contributed by atoms with Crippen molar-refractivity contribution in [2.45, 2.75) is 6.32 Å². The number of hydrogen-bond donors (Lipinski definition) is 0. The van der Waals surface area contributed by atoms with E-state index < -0.39 is 5.97 Å². The molecule has 0 saturated carbocycles. The van der Waals surface area contributed by atoms with Crippen LogP contribution in [0.2, 0.25) is 6.32 Å². The van der Waals surface area contributed by atoms with Gasteiger partial charge in [-0.1, -0.05) is 0 Å². The Morgan fingerprint density at radius 1 is 1.31 bits per heavy atom. The van der Waals surface area contributed by atoms with E-state index in [9.17, 15) is 9.59 Å². The summed E-state index contributed by atoms with van der Waals surface area (Å²) in [4.78, 5) is 22.8. The molecule has 16 heavy (non-hydrogen) atoms. The highest BCUT2D eigenvalue weighted by atomic mass is 16.5. The maximum absolute atomic E-state index is 11.5. The number of esters is 1. The van der Waals surface area contributed by atoms with Crippen molar-refractivity contribution in [2.24, 2.45) is 0 Å². The smallest absolute Gasteiger partial charge is 0.337 e. The lowest BCUT2D eigenvalue weighted by molar-refractivity contribution is 0.0600. The van der Waals surface area contributed by atoms with Gasteiger partial charge >= 0.3 is 5.97 Å². The molecule has 0 unspecified atom stereocenters. The van der Waals surface area contributed by atoms with Crippen LogP contribution in [-0.4, -0.2) is 33.8 Å². The summed E-state index contributed by atoms with van der Waals surface area (Å²) in [5, 5.41) is 0. The van der Waals surface area contributed by atoms with E-state index in [2.05, 4.69) is 4.74 Å². The van der Waals surface area contributed by atoms with Crippen LogP contribution in [0.25, 0.3) is 0 Å². The molecule has 0 heterocycles. The Morgan fingerprint density at radius 2 is 2.00 bits per heavy atom. The maximum Gasteiger partial charge on any atom is 0.337 e. The zero-order valence-corrected chi connectivity index (χ0v) is 9.15. The van der Waals surface area contributed by atoms with Crippen LogP contribution in [0.15, 0.2) is 18.2 Å². The Labute approximate surface area is 95.0 Å². The lowest BCUT2D eigenvalue weighted by atomic mass is 9.94. The van der Waals surface area contributed by atoms with E-state index in [-0.39, 0.29) is 17.7 Å². The van der Waals surface area contributed by atoms with Crippen LogP contribution in [0.5, 0.6) is 5.75 Å². The van der Waals surface area contributed by atoms with Crippen molar-refractivity contribution in [1.29, 1.82) is 0 Å². The van der Waals surface area contributed by atoms with Gasteiger partial charge in [-0.15, -0.1) is 0 Å². The second-order valence-corrected chi connectivity index (χ2v) is 3.03. The minimum Gasteiger partial charge on any atom is -0.496 e. The standard InChI is InChI=1S/C11H11BO4/c1-15-10-4-3-7(11(14)16-2)5-8(10)9(13)6-12/h3-5H,6H2,1-2H3. The Hall–Kier alpha value is -1.78. The van der Waals surface area contributed by atoms with Gasteiger partial charge in [0.1, 0.15) is 5.75 Å². The molecule has 0 aliphatic carbocycles. The van der Waals surface area contributed by atoms with Gasteiger partial charge in [-0.25, -0.2) is 4.79 Å². The van der Waals surface area contributed by atoms with E-state index >= 15 is 0 Å². The molecule has 1 aromatic rings. The van der Waals surface area contributed by atoms with E-state index in [1.807, 2.05) is 0 Å². The van der Waals surface area contributed by atoms with Gasteiger partial charge in [0.25, 0.3) is 0 Å². The number of benzene rings is 1. The second-order valence-electron chi connectivity index (χ2n) is 3.03. The van der Waals surface area contributed by atoms with Gasteiger partial charge < -0.3 is 9.47 Å².